The molecule has 22 heavy (non-hydrogen) atoms. The van der Waals surface area contributed by atoms with Gasteiger partial charge < -0.3 is 14.8 Å². The van der Waals surface area contributed by atoms with Crippen molar-refractivity contribution >= 4 is 23.2 Å². The first-order chi connectivity index (χ1) is 10.5. The molecule has 5 nitrogen and oxygen atoms in total. The summed E-state index contributed by atoms with van der Waals surface area (Å²) in [5.74, 6) is -0.603. The van der Waals surface area contributed by atoms with Crippen LogP contribution in [0.1, 0.15) is 16.9 Å². The van der Waals surface area contributed by atoms with Crippen molar-refractivity contribution in [3.05, 3.63) is 47.3 Å². The Kier molecular flexibility index (Phi) is 4.02. The van der Waals surface area contributed by atoms with Crippen LogP contribution in [0, 0.1) is 5.82 Å². The highest BCUT2D eigenvalue weighted by Gasteiger charge is 2.25. The second-order valence-electron chi connectivity index (χ2n) is 5.43. The summed E-state index contributed by atoms with van der Waals surface area (Å²) in [4.78, 5) is 18.2. The first-order valence-electron chi connectivity index (χ1n) is 7.02. The molecule has 2 aromatic rings. The number of rotatable bonds is 3. The molecule has 1 aliphatic heterocycles. The number of amides is 1. The van der Waals surface area contributed by atoms with Gasteiger partial charge in [-0.3, -0.25) is 4.79 Å². The van der Waals surface area contributed by atoms with Crippen molar-refractivity contribution in [1.82, 2.24) is 14.9 Å². The number of hydrogen-bond donors (Lipinski definition) is 1. The van der Waals surface area contributed by atoms with Crippen molar-refractivity contribution in [2.45, 2.75) is 12.5 Å². The van der Waals surface area contributed by atoms with Crippen LogP contribution in [0.25, 0.3) is 0 Å². The van der Waals surface area contributed by atoms with Gasteiger partial charge in [-0.1, -0.05) is 11.6 Å². The van der Waals surface area contributed by atoms with E-state index in [0.717, 1.165) is 18.7 Å². The minimum Gasteiger partial charge on any atom is -0.369 e. The van der Waals surface area contributed by atoms with Gasteiger partial charge >= 0.3 is 0 Å². The van der Waals surface area contributed by atoms with E-state index in [0.29, 0.717) is 12.2 Å². The average molecular weight is 323 g/mol. The molecule has 116 valence electrons. The van der Waals surface area contributed by atoms with Gasteiger partial charge in [0, 0.05) is 38.1 Å². The van der Waals surface area contributed by atoms with E-state index < -0.39 is 5.82 Å². The lowest BCUT2D eigenvalue weighted by Gasteiger charge is -2.19. The van der Waals surface area contributed by atoms with Gasteiger partial charge in [-0.05, 0) is 24.6 Å². The molecule has 1 amide bonds. The highest BCUT2D eigenvalue weighted by Crippen LogP contribution is 2.25. The Labute approximate surface area is 132 Å². The number of imidazole rings is 1. The van der Waals surface area contributed by atoms with Gasteiger partial charge in [-0.15, -0.1) is 0 Å². The Hall–Kier alpha value is -2.08. The molecule has 0 aliphatic carbocycles. The van der Waals surface area contributed by atoms with Gasteiger partial charge in [0.25, 0.3) is 5.91 Å². The molecular weight excluding hydrogens is 307 g/mol. The third-order valence-electron chi connectivity index (χ3n) is 3.73. The lowest BCUT2D eigenvalue weighted by Crippen LogP contribution is -2.37. The zero-order valence-electron chi connectivity index (χ0n) is 12.1. The smallest absolute Gasteiger partial charge is 0.271 e. The zero-order valence-corrected chi connectivity index (χ0v) is 12.8. The predicted molar refractivity (Wildman–Crippen MR) is 82.7 cm³/mol. The normalized spacial score (nSPS) is 17.8. The maximum atomic E-state index is 13.2. The van der Waals surface area contributed by atoms with Crippen molar-refractivity contribution in [1.29, 1.82) is 0 Å². The van der Waals surface area contributed by atoms with Gasteiger partial charge in [-0.2, -0.15) is 0 Å². The number of hydrogen-bond acceptors (Lipinski definition) is 3. The summed E-state index contributed by atoms with van der Waals surface area (Å²) in [6.45, 7) is 1.45. The second kappa shape index (κ2) is 5.96. The van der Waals surface area contributed by atoms with Crippen LogP contribution >= 0.6 is 11.6 Å². The highest BCUT2D eigenvalue weighted by atomic mass is 35.5. The standard InChI is InChI=1S/C15H16ClFN4O/c1-20-8-14(18-9-20)15(22)19-10-4-5-21(7-10)11-2-3-13(17)12(16)6-11/h2-3,6,8-10H,4-5,7H2,1H3,(H,19,22)/t10-/m1/s1. The molecule has 0 radical (unpaired) electrons. The third-order valence-corrected chi connectivity index (χ3v) is 4.02. The lowest BCUT2D eigenvalue weighted by atomic mass is 10.2. The Morgan fingerprint density at radius 1 is 1.50 bits per heavy atom. The number of nitrogens with zero attached hydrogens (tertiary/aromatic N) is 3. The predicted octanol–water partition coefficient (Wildman–Crippen LogP) is 2.22. The number of nitrogens with one attached hydrogen (secondary N) is 1. The SMILES string of the molecule is Cn1cnc(C(=O)N[C@@H]2CCN(c3ccc(F)c(Cl)c3)C2)c1. The Morgan fingerprint density at radius 2 is 2.32 bits per heavy atom. The fourth-order valence-electron chi connectivity index (χ4n) is 2.58. The Balaban J connectivity index is 1.62. The van der Waals surface area contributed by atoms with Gasteiger partial charge in [0.1, 0.15) is 11.5 Å². The fraction of sp³-hybridized carbons (Fsp3) is 0.333. The molecule has 0 saturated carbocycles. The third kappa shape index (κ3) is 3.06. The molecule has 0 unspecified atom stereocenters. The molecule has 3 rings (SSSR count). The molecule has 1 aromatic carbocycles. The quantitative estimate of drug-likeness (QED) is 0.942. The lowest BCUT2D eigenvalue weighted by molar-refractivity contribution is 0.0935. The number of aryl methyl sites for hydroxylation is 1. The highest BCUT2D eigenvalue weighted by molar-refractivity contribution is 6.31. The molecule has 1 atom stereocenters. The zero-order chi connectivity index (χ0) is 15.7. The van der Waals surface area contributed by atoms with Crippen LogP contribution in [0.5, 0.6) is 0 Å². The topological polar surface area (TPSA) is 50.2 Å². The molecule has 1 aromatic heterocycles. The monoisotopic (exact) mass is 322 g/mol. The van der Waals surface area contributed by atoms with Crippen LogP contribution in [-0.2, 0) is 7.05 Å². The van der Waals surface area contributed by atoms with Crippen molar-refractivity contribution < 1.29 is 9.18 Å². The van der Waals surface area contributed by atoms with E-state index in [-0.39, 0.29) is 17.0 Å². The summed E-state index contributed by atoms with van der Waals surface area (Å²) in [5.41, 5.74) is 1.27. The van der Waals surface area contributed by atoms with Crippen LogP contribution in [0.3, 0.4) is 0 Å². The van der Waals surface area contributed by atoms with Crippen molar-refractivity contribution in [2.24, 2.45) is 7.05 Å². The summed E-state index contributed by atoms with van der Waals surface area (Å²) >= 11 is 5.81. The maximum Gasteiger partial charge on any atom is 0.271 e. The van der Waals surface area contributed by atoms with Gasteiger partial charge in [-0.25, -0.2) is 9.37 Å². The minimum absolute atomic E-state index is 0.0401. The minimum atomic E-state index is -0.426. The summed E-state index contributed by atoms with van der Waals surface area (Å²) in [5, 5.41) is 3.08. The maximum absolute atomic E-state index is 13.2. The van der Waals surface area contributed by atoms with Crippen LogP contribution < -0.4 is 10.2 Å². The molecule has 1 saturated heterocycles. The number of carbonyl (C=O) groups is 1. The van der Waals surface area contributed by atoms with Gasteiger partial charge in [0.05, 0.1) is 11.3 Å². The van der Waals surface area contributed by atoms with Crippen molar-refractivity contribution in [3.8, 4) is 0 Å². The first kappa shape index (κ1) is 14.8. The molecule has 1 N–H and O–H groups in total. The number of carbonyl (C=O) groups excluding carboxylic acids is 1. The van der Waals surface area contributed by atoms with Crippen LogP contribution in [0.15, 0.2) is 30.7 Å². The Bertz CT molecular complexity index is 703. The fourth-order valence-corrected chi connectivity index (χ4v) is 2.76. The molecule has 2 heterocycles. The van der Waals surface area contributed by atoms with Crippen molar-refractivity contribution in [3.63, 3.8) is 0 Å². The van der Waals surface area contributed by atoms with E-state index in [1.807, 2.05) is 7.05 Å². The summed E-state index contributed by atoms with van der Waals surface area (Å²) in [7, 11) is 1.82. The summed E-state index contributed by atoms with van der Waals surface area (Å²) in [6.07, 6.45) is 4.10. The molecule has 0 spiro atoms. The number of halogens is 2. The molecule has 1 fully saturated rings. The molecule has 7 heteroatoms. The summed E-state index contributed by atoms with van der Waals surface area (Å²) < 4.78 is 14.9. The molecule has 1 aliphatic rings. The van der Waals surface area contributed by atoms with Gasteiger partial charge in [0.15, 0.2) is 0 Å². The molecule has 0 bridgehead atoms. The largest absolute Gasteiger partial charge is 0.369 e. The number of benzene rings is 1. The van der Waals surface area contributed by atoms with E-state index in [1.54, 1.807) is 29.2 Å². The van der Waals surface area contributed by atoms with Crippen molar-refractivity contribution in [2.75, 3.05) is 18.0 Å². The van der Waals surface area contributed by atoms with Crippen LogP contribution in [0.2, 0.25) is 5.02 Å². The van der Waals surface area contributed by atoms with E-state index in [9.17, 15) is 9.18 Å². The van der Waals surface area contributed by atoms with Crippen LogP contribution in [-0.4, -0.2) is 34.6 Å². The number of anilines is 1. The van der Waals surface area contributed by atoms with E-state index in [1.165, 1.54) is 6.07 Å². The average Bonchev–Trinajstić information content (AvgIpc) is 3.11. The van der Waals surface area contributed by atoms with E-state index in [2.05, 4.69) is 15.2 Å². The van der Waals surface area contributed by atoms with Gasteiger partial charge in [0.2, 0.25) is 0 Å². The second-order valence-corrected chi connectivity index (χ2v) is 5.84. The van der Waals surface area contributed by atoms with E-state index >= 15 is 0 Å². The molecular formula is C15H16ClFN4O. The summed E-state index contributed by atoms with van der Waals surface area (Å²) in [6, 6.07) is 4.71. The van der Waals surface area contributed by atoms with E-state index in [4.69, 9.17) is 11.6 Å². The number of aromatic nitrogens is 2. The van der Waals surface area contributed by atoms with Crippen LogP contribution in [0.4, 0.5) is 10.1 Å². The Morgan fingerprint density at radius 3 is 3.00 bits per heavy atom. The first-order valence-corrected chi connectivity index (χ1v) is 7.39.